The Hall–Kier alpha value is -4.06. The minimum absolute atomic E-state index is 0.0572. The van der Waals surface area contributed by atoms with E-state index in [0.29, 0.717) is 61.1 Å². The molecule has 12 heteroatoms. The summed E-state index contributed by atoms with van der Waals surface area (Å²) in [6, 6.07) is 11.5. The van der Waals surface area contributed by atoms with Crippen molar-refractivity contribution in [3.63, 3.8) is 0 Å². The van der Waals surface area contributed by atoms with Crippen molar-refractivity contribution in [2.75, 3.05) is 60.0 Å². The highest BCUT2D eigenvalue weighted by molar-refractivity contribution is 6.36. The molecule has 250 valence electrons. The van der Waals surface area contributed by atoms with Gasteiger partial charge in [-0.25, -0.2) is 13.4 Å². The topological polar surface area (TPSA) is 77.7 Å². The van der Waals surface area contributed by atoms with Crippen LogP contribution in [0.3, 0.4) is 0 Å². The first kappa shape index (κ1) is 32.5. The monoisotopic (exact) mass is 674 g/mol. The van der Waals surface area contributed by atoms with E-state index in [0.717, 1.165) is 36.6 Å². The largest absolute Gasteiger partial charge is 0.443 e. The molecule has 0 radical (unpaired) electrons. The van der Waals surface area contributed by atoms with Crippen molar-refractivity contribution < 1.29 is 22.9 Å². The molecule has 3 aliphatic rings. The Bertz CT molecular complexity index is 1910. The number of likely N-dealkylation sites (tertiary alicyclic amines) is 3. The number of nitrogens with zero attached hydrogens (tertiary/aromatic N) is 7. The molecule has 3 fully saturated rings. The average molecular weight is 675 g/mol. The Kier molecular flexibility index (Phi) is 9.35. The molecule has 5 heterocycles. The van der Waals surface area contributed by atoms with Gasteiger partial charge >= 0.3 is 11.8 Å². The number of rotatable bonds is 9. The minimum Gasteiger partial charge on any atom is -0.443 e. The molecule has 0 bridgehead atoms. The zero-order valence-electron chi connectivity index (χ0n) is 27.2. The van der Waals surface area contributed by atoms with E-state index >= 15 is 4.39 Å². The molecular weight excluding hydrogens is 636 g/mol. The third-order valence-corrected chi connectivity index (χ3v) is 9.99. The quantitative estimate of drug-likeness (QED) is 0.132. The average Bonchev–Trinajstić information content (AvgIpc) is 3.71. The summed E-state index contributed by atoms with van der Waals surface area (Å²) in [5, 5.41) is 2.56. The minimum atomic E-state index is -0.762. The van der Waals surface area contributed by atoms with Crippen molar-refractivity contribution in [1.29, 1.82) is 0 Å². The number of carbonyl (C=O) groups is 1. The van der Waals surface area contributed by atoms with Gasteiger partial charge in [0.05, 0.1) is 13.3 Å². The van der Waals surface area contributed by atoms with Crippen LogP contribution in [0.4, 0.5) is 14.6 Å². The van der Waals surface area contributed by atoms with Gasteiger partial charge in [0.15, 0.2) is 5.82 Å². The molecule has 0 spiro atoms. The second-order valence-electron chi connectivity index (χ2n) is 13.1. The molecule has 3 aliphatic heterocycles. The van der Waals surface area contributed by atoms with Crippen LogP contribution in [0, 0.1) is 11.7 Å². The van der Waals surface area contributed by atoms with E-state index in [1.54, 1.807) is 24.4 Å². The highest BCUT2D eigenvalue weighted by Gasteiger charge is 2.30. The van der Waals surface area contributed by atoms with Crippen LogP contribution >= 0.6 is 11.6 Å². The molecule has 4 aromatic rings. The molecule has 0 aliphatic carbocycles. The van der Waals surface area contributed by atoms with Crippen LogP contribution in [-0.2, 0) is 4.79 Å². The number of fused-ring (bicyclic) bond motifs is 2. The Labute approximate surface area is 283 Å². The highest BCUT2D eigenvalue weighted by atomic mass is 35.5. The van der Waals surface area contributed by atoms with Gasteiger partial charge in [0.1, 0.15) is 29.4 Å². The molecule has 2 aromatic heterocycles. The Morgan fingerprint density at radius 3 is 2.71 bits per heavy atom. The molecule has 1 amide bonds. The number of likely N-dealkylation sites (N-methyl/N-ethyl adjacent to an activating group) is 1. The number of amides is 1. The Balaban J connectivity index is 1.19. The lowest BCUT2D eigenvalue weighted by Crippen LogP contribution is -2.48. The number of halogens is 3. The zero-order valence-corrected chi connectivity index (χ0v) is 27.9. The predicted molar refractivity (Wildman–Crippen MR) is 183 cm³/mol. The van der Waals surface area contributed by atoms with E-state index in [-0.39, 0.29) is 35.1 Å². The van der Waals surface area contributed by atoms with Gasteiger partial charge in [-0.15, -0.1) is 0 Å². The van der Waals surface area contributed by atoms with E-state index in [2.05, 4.69) is 21.9 Å². The SMILES string of the molecule is CN1CCC[C@H]1COc1nc([N+](C)=CC2CCN(C(=O)/C=C/CN3CC(F)C3)C2)c2cnc(-c3cccc4cccc(Cl)c34)c(F)c2n1. The summed E-state index contributed by atoms with van der Waals surface area (Å²) >= 11 is 6.60. The number of hydrogen-bond acceptors (Lipinski definition) is 7. The van der Waals surface area contributed by atoms with Crippen molar-refractivity contribution in [2.24, 2.45) is 5.92 Å². The van der Waals surface area contributed by atoms with Crippen LogP contribution in [0.2, 0.25) is 5.02 Å². The first-order chi connectivity index (χ1) is 23.2. The van der Waals surface area contributed by atoms with Gasteiger partial charge in [0.25, 0.3) is 0 Å². The van der Waals surface area contributed by atoms with Crippen LogP contribution in [0.25, 0.3) is 32.9 Å². The first-order valence-electron chi connectivity index (χ1n) is 16.5. The van der Waals surface area contributed by atoms with Gasteiger partial charge in [-0.1, -0.05) is 48.0 Å². The van der Waals surface area contributed by atoms with Gasteiger partial charge in [-0.3, -0.25) is 14.7 Å². The van der Waals surface area contributed by atoms with Crippen LogP contribution < -0.4 is 4.74 Å². The third-order valence-electron chi connectivity index (χ3n) is 9.67. The van der Waals surface area contributed by atoms with Gasteiger partial charge in [-0.05, 0) is 44.3 Å². The van der Waals surface area contributed by atoms with Crippen molar-refractivity contribution in [1.82, 2.24) is 29.7 Å². The van der Waals surface area contributed by atoms with Gasteiger partial charge < -0.3 is 14.5 Å². The summed E-state index contributed by atoms with van der Waals surface area (Å²) in [5.41, 5.74) is 0.836. The van der Waals surface area contributed by atoms with E-state index in [4.69, 9.17) is 21.3 Å². The summed E-state index contributed by atoms with van der Waals surface area (Å²) in [5.74, 6) is -0.108. The number of carbonyl (C=O) groups excluding carboxylic acids is 1. The number of alkyl halides is 1. The molecule has 48 heavy (non-hydrogen) atoms. The maximum atomic E-state index is 16.6. The standard InChI is InChI=1S/C36H39ClF2N7O2/c1-43-14-5-9-26(43)22-48-36-41-34-28(17-40-33(32(34)39)27-10-3-7-24-8-4-11-29(37)31(24)27)35(42-36)44(2)18-23-13-16-46(19-23)30(47)12-6-15-45-20-25(38)21-45/h3-4,6-8,10-12,17-18,23,25-26H,5,9,13-16,19-22H2,1-2H3/q+1/b12-6+,44-18?/t23?,26-/m0/s1. The number of pyridine rings is 1. The van der Waals surface area contributed by atoms with Crippen LogP contribution in [0.5, 0.6) is 6.01 Å². The van der Waals surface area contributed by atoms with Gasteiger partial charge in [-0.2, -0.15) is 4.98 Å². The maximum Gasteiger partial charge on any atom is 0.434 e. The molecular formula is C36H39ClF2N7O2+. The maximum absolute atomic E-state index is 16.6. The zero-order chi connectivity index (χ0) is 33.4. The highest BCUT2D eigenvalue weighted by Crippen LogP contribution is 2.37. The van der Waals surface area contributed by atoms with Crippen LogP contribution in [-0.4, -0.2) is 119 Å². The molecule has 9 nitrogen and oxygen atoms in total. The van der Waals surface area contributed by atoms with E-state index < -0.39 is 12.0 Å². The fraction of sp³-hybridized carbons (Fsp3) is 0.417. The predicted octanol–water partition coefficient (Wildman–Crippen LogP) is 5.51. The van der Waals surface area contributed by atoms with E-state index in [9.17, 15) is 9.18 Å². The number of benzene rings is 2. The fourth-order valence-corrected chi connectivity index (χ4v) is 7.24. The van der Waals surface area contributed by atoms with Gasteiger partial charge in [0.2, 0.25) is 5.91 Å². The lowest BCUT2D eigenvalue weighted by atomic mass is 10.0. The molecule has 0 N–H and O–H groups in total. The lowest BCUT2D eigenvalue weighted by molar-refractivity contribution is -0.405. The smallest absolute Gasteiger partial charge is 0.434 e. The second-order valence-corrected chi connectivity index (χ2v) is 13.5. The fourth-order valence-electron chi connectivity index (χ4n) is 6.96. The van der Waals surface area contributed by atoms with Crippen LogP contribution in [0.1, 0.15) is 19.3 Å². The Morgan fingerprint density at radius 1 is 1.12 bits per heavy atom. The third kappa shape index (κ3) is 6.63. The summed E-state index contributed by atoms with van der Waals surface area (Å²) in [6.07, 6.45) is 9.13. The number of hydrogen-bond donors (Lipinski definition) is 0. The molecule has 2 aromatic carbocycles. The summed E-state index contributed by atoms with van der Waals surface area (Å²) in [7, 11) is 3.93. The number of aromatic nitrogens is 3. The van der Waals surface area contributed by atoms with E-state index in [1.807, 2.05) is 58.0 Å². The molecule has 0 saturated carbocycles. The summed E-state index contributed by atoms with van der Waals surface area (Å²) in [4.78, 5) is 32.8. The molecule has 3 saturated heterocycles. The summed E-state index contributed by atoms with van der Waals surface area (Å²) < 4.78 is 37.7. The van der Waals surface area contributed by atoms with Crippen molar-refractivity contribution >= 4 is 51.2 Å². The second kappa shape index (κ2) is 13.8. The van der Waals surface area contributed by atoms with Crippen LogP contribution in [0.15, 0.2) is 54.7 Å². The molecule has 1 unspecified atom stereocenters. The Morgan fingerprint density at radius 2 is 1.94 bits per heavy atom. The van der Waals surface area contributed by atoms with Gasteiger partial charge in [0, 0.05) is 77.9 Å². The van der Waals surface area contributed by atoms with E-state index in [1.165, 1.54) is 0 Å². The first-order valence-corrected chi connectivity index (χ1v) is 16.9. The van der Waals surface area contributed by atoms with Crippen molar-refractivity contribution in [3.05, 3.63) is 65.6 Å². The summed E-state index contributed by atoms with van der Waals surface area (Å²) in [6.45, 7) is 3.98. The molecule has 7 rings (SSSR count). The lowest BCUT2D eigenvalue weighted by Gasteiger charge is -2.33. The van der Waals surface area contributed by atoms with Crippen molar-refractivity contribution in [2.45, 2.75) is 31.5 Å². The normalized spacial score (nSPS) is 21.2. The number of ether oxygens (including phenoxy) is 1. The van der Waals surface area contributed by atoms with Crippen molar-refractivity contribution in [3.8, 4) is 17.3 Å². The molecule has 2 atom stereocenters.